The van der Waals surface area contributed by atoms with Crippen molar-refractivity contribution < 1.29 is 33.5 Å². The van der Waals surface area contributed by atoms with Gasteiger partial charge in [-0.1, -0.05) is 30.3 Å². The number of nitrogens with one attached hydrogen (secondary N) is 2. The van der Waals surface area contributed by atoms with Crippen LogP contribution >= 0.6 is 0 Å². The Hall–Kier alpha value is -2.94. The van der Waals surface area contributed by atoms with Gasteiger partial charge in [0.15, 0.2) is 0 Å². The highest BCUT2D eigenvalue weighted by Crippen LogP contribution is 2.00. The fraction of sp³-hybridized carbons (Fsp3) is 0.444. The number of rotatable bonds is 11. The molecule has 0 bridgehead atoms. The van der Waals surface area contributed by atoms with Crippen LogP contribution in [0.25, 0.3) is 0 Å². The van der Waals surface area contributed by atoms with Crippen LogP contribution in [0.15, 0.2) is 30.3 Å². The Bertz CT molecular complexity index is 616. The summed E-state index contributed by atoms with van der Waals surface area (Å²) in [6.07, 6.45) is -0.422. The summed E-state index contributed by atoms with van der Waals surface area (Å²) in [6.45, 7) is 3.42. The molecule has 0 saturated carbocycles. The molecule has 9 heteroatoms. The molecule has 0 unspecified atom stereocenters. The third-order valence-electron chi connectivity index (χ3n) is 3.20. The molecule has 2 N–H and O–H groups in total. The van der Waals surface area contributed by atoms with Gasteiger partial charge in [-0.25, -0.2) is 15.1 Å². The van der Waals surface area contributed by atoms with Gasteiger partial charge >= 0.3 is 11.9 Å². The molecule has 2 amide bonds. The molecule has 0 saturated heterocycles. The second kappa shape index (κ2) is 12.4. The van der Waals surface area contributed by atoms with Crippen molar-refractivity contribution >= 4 is 23.8 Å². The summed E-state index contributed by atoms with van der Waals surface area (Å²) < 4.78 is 9.48. The summed E-state index contributed by atoms with van der Waals surface area (Å²) in [7, 11) is 0. The van der Waals surface area contributed by atoms with Gasteiger partial charge in [0.05, 0.1) is 19.8 Å². The van der Waals surface area contributed by atoms with E-state index in [1.807, 2.05) is 30.3 Å². The van der Waals surface area contributed by atoms with Crippen molar-refractivity contribution in [2.24, 2.45) is 0 Å². The number of carbonyl (C=O) groups excluding carboxylic acids is 4. The van der Waals surface area contributed by atoms with E-state index in [-0.39, 0.29) is 32.7 Å². The second-order valence-electron chi connectivity index (χ2n) is 5.30. The third kappa shape index (κ3) is 8.82. The van der Waals surface area contributed by atoms with Gasteiger partial charge in [-0.3, -0.25) is 14.4 Å². The van der Waals surface area contributed by atoms with Gasteiger partial charge in [0.2, 0.25) is 17.9 Å². The van der Waals surface area contributed by atoms with Crippen molar-refractivity contribution in [1.29, 1.82) is 0 Å². The first-order valence-corrected chi connectivity index (χ1v) is 8.55. The number of carbonyl (C=O) groups is 4. The summed E-state index contributed by atoms with van der Waals surface area (Å²) in [6, 6.07) is 7.66. The molecule has 0 heterocycles. The SMILES string of the molecule is CCOC(=O)C(NC(=O)CCC(=O)NOCc1ccccc1)C(=O)OCC. The highest BCUT2D eigenvalue weighted by Gasteiger charge is 2.31. The smallest absolute Gasteiger partial charge is 0.340 e. The van der Waals surface area contributed by atoms with Gasteiger partial charge in [0, 0.05) is 12.8 Å². The molecule has 9 nitrogen and oxygen atoms in total. The lowest BCUT2D eigenvalue weighted by molar-refractivity contribution is -0.159. The van der Waals surface area contributed by atoms with E-state index in [1.165, 1.54) is 0 Å². The Morgan fingerprint density at radius 2 is 1.44 bits per heavy atom. The van der Waals surface area contributed by atoms with Crippen LogP contribution in [-0.2, 0) is 40.1 Å². The quantitative estimate of drug-likeness (QED) is 0.328. The maximum atomic E-state index is 11.9. The summed E-state index contributed by atoms with van der Waals surface area (Å²) in [5, 5.41) is 2.21. The van der Waals surface area contributed by atoms with Gasteiger partial charge in [-0.2, -0.15) is 0 Å². The lowest BCUT2D eigenvalue weighted by atomic mass is 10.2. The van der Waals surface area contributed by atoms with Crippen LogP contribution in [0.5, 0.6) is 0 Å². The van der Waals surface area contributed by atoms with Gasteiger partial charge in [-0.15, -0.1) is 0 Å². The first kappa shape index (κ1) is 22.1. The molecular formula is C18H24N2O7. The van der Waals surface area contributed by atoms with Gasteiger partial charge < -0.3 is 14.8 Å². The molecule has 148 valence electrons. The molecule has 1 aromatic carbocycles. The van der Waals surface area contributed by atoms with E-state index < -0.39 is 29.8 Å². The second-order valence-corrected chi connectivity index (χ2v) is 5.30. The average Bonchev–Trinajstić information content (AvgIpc) is 2.65. The standard InChI is InChI=1S/C18H24N2O7/c1-3-25-17(23)16(18(24)26-4-2)19-14(21)10-11-15(22)20-27-12-13-8-6-5-7-9-13/h5-9,16H,3-4,10-12H2,1-2H3,(H,19,21)(H,20,22). The third-order valence-corrected chi connectivity index (χ3v) is 3.20. The number of hydrogen-bond donors (Lipinski definition) is 2. The van der Waals surface area contributed by atoms with Crippen molar-refractivity contribution in [3.05, 3.63) is 35.9 Å². The highest BCUT2D eigenvalue weighted by molar-refractivity contribution is 6.02. The van der Waals surface area contributed by atoms with Crippen LogP contribution in [0, 0.1) is 0 Å². The Morgan fingerprint density at radius 1 is 0.889 bits per heavy atom. The lowest BCUT2D eigenvalue weighted by Gasteiger charge is -2.15. The first-order valence-electron chi connectivity index (χ1n) is 8.55. The number of hydroxylamine groups is 1. The Balaban J connectivity index is 2.38. The predicted octanol–water partition coefficient (Wildman–Crippen LogP) is 0.626. The maximum absolute atomic E-state index is 11.9. The molecule has 27 heavy (non-hydrogen) atoms. The zero-order chi connectivity index (χ0) is 20.1. The normalized spacial score (nSPS) is 10.2. The molecule has 0 atom stereocenters. The van der Waals surface area contributed by atoms with Gasteiger partial charge in [0.25, 0.3) is 0 Å². The minimum absolute atomic E-state index is 0.0474. The first-order chi connectivity index (χ1) is 13.0. The molecule has 0 radical (unpaired) electrons. The molecule has 0 aliphatic rings. The molecule has 1 rings (SSSR count). The largest absolute Gasteiger partial charge is 0.464 e. The van der Waals surface area contributed by atoms with Crippen molar-refractivity contribution in [3.63, 3.8) is 0 Å². The van der Waals surface area contributed by atoms with Gasteiger partial charge in [-0.05, 0) is 19.4 Å². The van der Waals surface area contributed by atoms with E-state index in [4.69, 9.17) is 14.3 Å². The fourth-order valence-electron chi connectivity index (χ4n) is 1.95. The van der Waals surface area contributed by atoms with Crippen LogP contribution in [0.2, 0.25) is 0 Å². The van der Waals surface area contributed by atoms with Crippen LogP contribution in [-0.4, -0.2) is 43.0 Å². The summed E-state index contributed by atoms with van der Waals surface area (Å²) >= 11 is 0. The maximum Gasteiger partial charge on any atom is 0.340 e. The van der Waals surface area contributed by atoms with Crippen LogP contribution in [0.4, 0.5) is 0 Å². The van der Waals surface area contributed by atoms with Crippen LogP contribution in [0.1, 0.15) is 32.3 Å². The van der Waals surface area contributed by atoms with E-state index in [0.717, 1.165) is 5.56 Å². The van der Waals surface area contributed by atoms with Gasteiger partial charge in [0.1, 0.15) is 0 Å². The summed E-state index contributed by atoms with van der Waals surface area (Å²) in [4.78, 5) is 52.2. The Kier molecular flexibility index (Phi) is 10.2. The zero-order valence-electron chi connectivity index (χ0n) is 15.4. The Morgan fingerprint density at radius 3 is 2.00 bits per heavy atom. The molecule has 0 fully saturated rings. The average molecular weight is 380 g/mol. The highest BCUT2D eigenvalue weighted by atomic mass is 16.6. The van der Waals surface area contributed by atoms with Crippen molar-refractivity contribution in [2.45, 2.75) is 39.3 Å². The monoisotopic (exact) mass is 380 g/mol. The minimum Gasteiger partial charge on any atom is -0.464 e. The molecule has 0 spiro atoms. The topological polar surface area (TPSA) is 120 Å². The Labute approximate surface area is 157 Å². The minimum atomic E-state index is -1.56. The molecule has 0 aromatic heterocycles. The lowest BCUT2D eigenvalue weighted by Crippen LogP contribution is -2.48. The van der Waals surface area contributed by atoms with Crippen LogP contribution < -0.4 is 10.8 Å². The number of benzene rings is 1. The number of hydrogen-bond acceptors (Lipinski definition) is 7. The molecule has 0 aliphatic carbocycles. The van der Waals surface area contributed by atoms with E-state index in [9.17, 15) is 19.2 Å². The summed E-state index contributed by atoms with van der Waals surface area (Å²) in [5.41, 5.74) is 3.10. The number of esters is 2. The van der Waals surface area contributed by atoms with E-state index in [2.05, 4.69) is 10.8 Å². The summed E-state index contributed by atoms with van der Waals surface area (Å²) in [5.74, 6) is -3.01. The van der Waals surface area contributed by atoms with Crippen molar-refractivity contribution in [3.8, 4) is 0 Å². The number of amides is 2. The zero-order valence-corrected chi connectivity index (χ0v) is 15.4. The van der Waals surface area contributed by atoms with E-state index in [1.54, 1.807) is 13.8 Å². The molecular weight excluding hydrogens is 356 g/mol. The van der Waals surface area contributed by atoms with Crippen molar-refractivity contribution in [2.75, 3.05) is 13.2 Å². The molecule has 1 aromatic rings. The van der Waals surface area contributed by atoms with E-state index in [0.29, 0.717) is 0 Å². The van der Waals surface area contributed by atoms with E-state index >= 15 is 0 Å². The molecule has 0 aliphatic heterocycles. The van der Waals surface area contributed by atoms with Crippen molar-refractivity contribution in [1.82, 2.24) is 10.8 Å². The fourth-order valence-corrected chi connectivity index (χ4v) is 1.95. The predicted molar refractivity (Wildman–Crippen MR) is 93.8 cm³/mol. The number of ether oxygens (including phenoxy) is 2. The van der Waals surface area contributed by atoms with Crippen LogP contribution in [0.3, 0.4) is 0 Å².